The van der Waals surface area contributed by atoms with E-state index in [1.54, 1.807) is 19.1 Å². The van der Waals surface area contributed by atoms with Crippen LogP contribution >= 0.6 is 0 Å². The average Bonchev–Trinajstić information content (AvgIpc) is 3.03. The molecule has 1 heterocycles. The number of halogens is 1. The first-order valence-corrected chi connectivity index (χ1v) is 7.58. The lowest BCUT2D eigenvalue weighted by Gasteiger charge is -2.05. The topological polar surface area (TPSA) is 118 Å². The second-order valence-electron chi connectivity index (χ2n) is 5.42. The highest BCUT2D eigenvalue weighted by atomic mass is 19.1. The van der Waals surface area contributed by atoms with E-state index in [0.29, 0.717) is 17.7 Å². The van der Waals surface area contributed by atoms with Gasteiger partial charge in [0, 0.05) is 19.4 Å². The van der Waals surface area contributed by atoms with Crippen molar-refractivity contribution in [1.82, 2.24) is 10.3 Å². The molecule has 0 aliphatic carbocycles. The molecule has 0 amide bonds. The van der Waals surface area contributed by atoms with E-state index in [-0.39, 0.29) is 43.3 Å². The van der Waals surface area contributed by atoms with Gasteiger partial charge in [0.1, 0.15) is 17.2 Å². The lowest BCUT2D eigenvalue weighted by Crippen LogP contribution is -2.10. The molecular formula is C16H18FN3O5. The number of aryl methyl sites for hydroxylation is 1. The Labute approximate surface area is 142 Å². The number of hydrogen-bond acceptors (Lipinski definition) is 7. The molecule has 0 aliphatic heterocycles. The molecule has 0 spiro atoms. The van der Waals surface area contributed by atoms with Crippen molar-refractivity contribution in [2.45, 2.75) is 32.8 Å². The lowest BCUT2D eigenvalue weighted by molar-refractivity contribution is -0.137. The van der Waals surface area contributed by atoms with Crippen LogP contribution in [-0.2, 0) is 22.6 Å². The summed E-state index contributed by atoms with van der Waals surface area (Å²) >= 11 is 0. The number of rotatable bonds is 9. The van der Waals surface area contributed by atoms with E-state index in [1.165, 1.54) is 6.07 Å². The van der Waals surface area contributed by atoms with Gasteiger partial charge < -0.3 is 15.1 Å². The number of carboxylic acid groups (broad SMARTS) is 1. The van der Waals surface area contributed by atoms with Gasteiger partial charge in [0.15, 0.2) is 5.69 Å². The Hall–Kier alpha value is -2.81. The van der Waals surface area contributed by atoms with E-state index in [1.807, 2.05) is 0 Å². The first-order valence-electron chi connectivity index (χ1n) is 7.58. The first kappa shape index (κ1) is 18.5. The largest absolute Gasteiger partial charge is 0.481 e. The van der Waals surface area contributed by atoms with Gasteiger partial charge in [0.25, 0.3) is 0 Å². The minimum atomic E-state index is -0.892. The molecule has 0 radical (unpaired) electrons. The van der Waals surface area contributed by atoms with E-state index in [4.69, 9.17) is 9.84 Å². The van der Waals surface area contributed by atoms with Crippen molar-refractivity contribution < 1.29 is 28.9 Å². The summed E-state index contributed by atoms with van der Waals surface area (Å²) in [5, 5.41) is 28.5. The molecule has 1 aromatic carbocycles. The summed E-state index contributed by atoms with van der Waals surface area (Å²) in [6, 6.07) is 4.58. The van der Waals surface area contributed by atoms with E-state index in [0.717, 1.165) is 5.56 Å². The van der Waals surface area contributed by atoms with E-state index < -0.39 is 5.97 Å². The van der Waals surface area contributed by atoms with Gasteiger partial charge in [0.2, 0.25) is 0 Å². The zero-order valence-electron chi connectivity index (χ0n) is 13.6. The normalized spacial score (nSPS) is 11.7. The molecule has 0 saturated heterocycles. The fourth-order valence-corrected chi connectivity index (χ4v) is 2.19. The van der Waals surface area contributed by atoms with Gasteiger partial charge in [-0.25, -0.2) is 9.02 Å². The maximum absolute atomic E-state index is 13.3. The molecule has 0 saturated carbocycles. The molecule has 2 N–H and O–H groups in total. The van der Waals surface area contributed by atoms with Crippen LogP contribution in [0.4, 0.5) is 4.39 Å². The Bertz CT molecular complexity index is 760. The summed E-state index contributed by atoms with van der Waals surface area (Å²) in [6.07, 6.45) is 0.584. The van der Waals surface area contributed by atoms with Gasteiger partial charge in [-0.1, -0.05) is 22.4 Å². The predicted octanol–water partition coefficient (Wildman–Crippen LogP) is 2.32. The van der Waals surface area contributed by atoms with Crippen LogP contribution in [0.5, 0.6) is 0 Å². The highest BCUT2D eigenvalue weighted by molar-refractivity contribution is 6.00. The highest BCUT2D eigenvalue weighted by Crippen LogP contribution is 2.14. The number of hydrogen-bond donors (Lipinski definition) is 2. The van der Waals surface area contributed by atoms with Gasteiger partial charge in [0.05, 0.1) is 6.61 Å². The van der Waals surface area contributed by atoms with Gasteiger partial charge in [-0.2, -0.15) is 0 Å². The molecular weight excluding hydrogens is 333 g/mol. The van der Waals surface area contributed by atoms with Crippen LogP contribution in [0, 0.1) is 12.7 Å². The van der Waals surface area contributed by atoms with Crippen molar-refractivity contribution in [2.24, 2.45) is 5.16 Å². The fraction of sp³-hybridized carbons (Fsp3) is 0.375. The molecule has 0 fully saturated rings. The fourth-order valence-electron chi connectivity index (χ4n) is 2.19. The number of aliphatic carboxylic acids is 1. The summed E-state index contributed by atoms with van der Waals surface area (Å²) in [4.78, 5) is 10.4. The maximum Gasteiger partial charge on any atom is 0.303 e. The second kappa shape index (κ2) is 8.88. The van der Waals surface area contributed by atoms with Crippen molar-refractivity contribution in [1.29, 1.82) is 0 Å². The molecule has 1 aromatic heterocycles. The number of nitrogens with zero attached hydrogens (tertiary/aromatic N) is 3. The van der Waals surface area contributed by atoms with E-state index in [2.05, 4.69) is 20.1 Å². The van der Waals surface area contributed by atoms with E-state index >= 15 is 0 Å². The number of benzene rings is 1. The molecule has 25 heavy (non-hydrogen) atoms. The van der Waals surface area contributed by atoms with Crippen LogP contribution in [0.15, 0.2) is 28.0 Å². The monoisotopic (exact) mass is 351 g/mol. The minimum absolute atomic E-state index is 0.0111. The van der Waals surface area contributed by atoms with Crippen LogP contribution in [0.25, 0.3) is 0 Å². The standard InChI is InChI=1S/C16H18FN3O5/c1-10-7-11(4-5-12(10)17)8-13(18-23)16-14(19-25-20-16)9-24-6-2-3-15(21)22/h4-5,7,23H,2-3,6,8-9H2,1H3,(H,21,22)/b18-13+. The maximum atomic E-state index is 13.3. The smallest absolute Gasteiger partial charge is 0.303 e. The third kappa shape index (κ3) is 5.35. The number of carboxylic acids is 1. The van der Waals surface area contributed by atoms with Crippen molar-refractivity contribution >= 4 is 11.7 Å². The van der Waals surface area contributed by atoms with Crippen molar-refractivity contribution in [3.63, 3.8) is 0 Å². The quantitative estimate of drug-likeness (QED) is 0.308. The van der Waals surface area contributed by atoms with Gasteiger partial charge >= 0.3 is 5.97 Å². The molecule has 0 bridgehead atoms. The first-order chi connectivity index (χ1) is 12.0. The zero-order chi connectivity index (χ0) is 18.2. The predicted molar refractivity (Wildman–Crippen MR) is 84.0 cm³/mol. The zero-order valence-corrected chi connectivity index (χ0v) is 13.6. The Morgan fingerprint density at radius 3 is 2.88 bits per heavy atom. The Morgan fingerprint density at radius 1 is 1.40 bits per heavy atom. The van der Waals surface area contributed by atoms with Crippen LogP contribution < -0.4 is 0 Å². The SMILES string of the molecule is Cc1cc(C/C(=N\O)c2nonc2COCCCC(=O)O)ccc1F. The molecule has 2 aromatic rings. The Morgan fingerprint density at radius 2 is 2.20 bits per heavy atom. The minimum Gasteiger partial charge on any atom is -0.481 e. The molecule has 0 atom stereocenters. The summed E-state index contributed by atoms with van der Waals surface area (Å²) in [5.41, 5.74) is 2.00. The molecule has 0 unspecified atom stereocenters. The molecule has 134 valence electrons. The van der Waals surface area contributed by atoms with Crippen LogP contribution in [-0.4, -0.2) is 38.9 Å². The molecule has 0 aliphatic rings. The third-order valence-electron chi connectivity index (χ3n) is 3.46. The van der Waals surface area contributed by atoms with Gasteiger partial charge in [-0.3, -0.25) is 4.79 Å². The van der Waals surface area contributed by atoms with Crippen LogP contribution in [0.2, 0.25) is 0 Å². The Balaban J connectivity index is 2.00. The average molecular weight is 351 g/mol. The summed E-state index contributed by atoms with van der Waals surface area (Å²) < 4.78 is 23.4. The molecule has 9 heteroatoms. The summed E-state index contributed by atoms with van der Waals surface area (Å²) in [7, 11) is 0. The number of aromatic nitrogens is 2. The molecule has 8 nitrogen and oxygen atoms in total. The number of ether oxygens (including phenoxy) is 1. The van der Waals surface area contributed by atoms with Crippen molar-refractivity contribution in [2.75, 3.05) is 6.61 Å². The Kier molecular flexibility index (Phi) is 6.58. The lowest BCUT2D eigenvalue weighted by atomic mass is 10.0. The molecule has 2 rings (SSSR count). The summed E-state index contributed by atoms with van der Waals surface area (Å²) in [6.45, 7) is 1.92. The van der Waals surface area contributed by atoms with Crippen LogP contribution in [0.3, 0.4) is 0 Å². The summed E-state index contributed by atoms with van der Waals surface area (Å²) in [5.74, 6) is -1.21. The third-order valence-corrected chi connectivity index (χ3v) is 3.46. The van der Waals surface area contributed by atoms with Gasteiger partial charge in [-0.05, 0) is 35.7 Å². The van der Waals surface area contributed by atoms with Crippen molar-refractivity contribution in [3.8, 4) is 0 Å². The second-order valence-corrected chi connectivity index (χ2v) is 5.42. The van der Waals surface area contributed by atoms with Gasteiger partial charge in [-0.15, -0.1) is 0 Å². The number of oxime groups is 1. The van der Waals surface area contributed by atoms with E-state index in [9.17, 15) is 14.4 Å². The highest BCUT2D eigenvalue weighted by Gasteiger charge is 2.18. The number of carbonyl (C=O) groups is 1. The van der Waals surface area contributed by atoms with Crippen LogP contribution in [0.1, 0.15) is 35.4 Å². The van der Waals surface area contributed by atoms with Crippen molar-refractivity contribution in [3.05, 3.63) is 46.5 Å².